The third-order valence-electron chi connectivity index (χ3n) is 11.6. The number of thiazole rings is 3. The Hall–Kier alpha value is -8.47. The summed E-state index contributed by atoms with van der Waals surface area (Å²) in [6.07, 6.45) is -2.81. The highest BCUT2D eigenvalue weighted by Crippen LogP contribution is 2.42. The van der Waals surface area contributed by atoms with Crippen LogP contribution in [0, 0.1) is 17.8 Å². The fraction of sp³-hybridized carbons (Fsp3) is 0.450. The zero-order valence-corrected chi connectivity index (χ0v) is 48.9. The van der Waals surface area contributed by atoms with Gasteiger partial charge in [-0.25, -0.2) is 47.0 Å². The van der Waals surface area contributed by atoms with Crippen molar-refractivity contribution in [1.29, 1.82) is 0 Å². The van der Waals surface area contributed by atoms with Crippen LogP contribution in [0.3, 0.4) is 0 Å². The fourth-order valence-electron chi connectivity index (χ4n) is 7.51. The number of nitrogen functional groups attached to an aromatic ring is 3. The molecule has 3 aromatic heterocycles. The Bertz CT molecular complexity index is 3610. The molecule has 85 heavy (non-hydrogen) atoms. The van der Waals surface area contributed by atoms with Crippen LogP contribution in [0.5, 0.6) is 0 Å². The van der Waals surface area contributed by atoms with Gasteiger partial charge < -0.3 is 57.5 Å². The first-order valence-electron chi connectivity index (χ1n) is 22.9. The molecular weight excluding hydrogens is 1270 g/mol. The number of primary amides is 1. The molecule has 466 valence electrons. The third-order valence-corrected chi connectivity index (χ3v) is 16.7. The molecule has 6 rings (SSSR count). The average Bonchev–Trinajstić information content (AvgIpc) is 2.11. The number of ketones is 3. The van der Waals surface area contributed by atoms with Crippen LogP contribution in [0.2, 0.25) is 0 Å². The molecule has 0 aliphatic carbocycles. The number of carboxylic acids is 3. The molecule has 4 amide bonds. The molecule has 3 aliphatic heterocycles. The number of carboxylic acid groups (broad SMARTS) is 3. The molecule has 0 spiro atoms. The molecule has 3 saturated heterocycles. The van der Waals surface area contributed by atoms with Crippen LogP contribution in [0.15, 0.2) is 31.6 Å². The highest BCUT2D eigenvalue weighted by Gasteiger charge is 2.60. The largest absolute Gasteiger partial charge is 0.479 e. The minimum Gasteiger partial charge on any atom is -0.479 e. The lowest BCUT2D eigenvalue weighted by molar-refractivity contribution is -0.161. The number of hydrogen-bond donors (Lipinski definition) is 10. The maximum absolute atomic E-state index is 12.7. The van der Waals surface area contributed by atoms with E-state index >= 15 is 0 Å². The Balaban J connectivity index is 0.000000274. The van der Waals surface area contributed by atoms with Gasteiger partial charge in [0.25, 0.3) is 0 Å². The summed E-state index contributed by atoms with van der Waals surface area (Å²) in [6, 6.07) is -2.34. The van der Waals surface area contributed by atoms with Gasteiger partial charge in [0, 0.05) is 35.4 Å². The Labute approximate surface area is 489 Å². The maximum atomic E-state index is 12.7. The molecule has 3 fully saturated rings. The number of Topliss-reactive ketones (excluding diaryl/α,β-unsaturated/α-hetero) is 3. The van der Waals surface area contributed by atoms with E-state index in [0.717, 1.165) is 34.0 Å². The highest BCUT2D eigenvalue weighted by atomic mass is 32.2. The van der Waals surface area contributed by atoms with Crippen LogP contribution in [0.4, 0.5) is 20.2 Å². The number of carbonyl (C=O) groups is 10. The minimum absolute atomic E-state index is 0.0275. The van der Waals surface area contributed by atoms with Crippen molar-refractivity contribution < 1.29 is 121 Å². The second kappa shape index (κ2) is 27.1. The zero-order chi connectivity index (χ0) is 64.6. The van der Waals surface area contributed by atoms with Crippen molar-refractivity contribution in [2.75, 3.05) is 37.0 Å². The highest BCUT2D eigenvalue weighted by molar-refractivity contribution is 7.84. The topological polar surface area (TPSA) is 621 Å². The van der Waals surface area contributed by atoms with Gasteiger partial charge >= 0.3 is 54.9 Å². The number of amides is 4. The number of ether oxygens (including phenoxy) is 1. The van der Waals surface area contributed by atoms with Gasteiger partial charge in [0.15, 0.2) is 49.9 Å². The van der Waals surface area contributed by atoms with Gasteiger partial charge in [0.2, 0.25) is 36.5 Å². The average molecular weight is 1320 g/mol. The van der Waals surface area contributed by atoms with Crippen molar-refractivity contribution in [2.45, 2.75) is 77.1 Å². The number of nitrogens with two attached hydrogens (primary N) is 4. The van der Waals surface area contributed by atoms with Crippen molar-refractivity contribution in [3.05, 3.63) is 33.2 Å². The standard InChI is InChI=1S/C14H18N4O8S2.C13H15N5O10S2.C13H16N4O8S2/c1-6-7(11(20)18(6)28(23,24)25)4-9(19)10(8-5-27-13(15)16-8)17-26-14(2,3)12(21)22;14-12-16-6(4-29-12)10(17-28-3-9(20)21)8(19)1-5-7(2-27-13(15)23)18(11(5)22)30(24,25)26;1-13(2)6(11(21)17(13)27(22,23)24)3-8(18)10(16-25-4-9(19)20)7-5-26-12(14)15-7/h5-7H,4H2,1-3H3,(H2,15,16)(H,21,22)(H,23,24,25);4-5,7H,1-3H2,(H2,14,16)(H2,15,23)(H,20,21)(H,24,25,26);5-6H,3-4H2,1-2H3,(H2,14,15)(H,19,20)(H,22,23,24)/b2*17-10-;16-10-/t6-,7-;5-,7+;6-/m001/s1. The summed E-state index contributed by atoms with van der Waals surface area (Å²) >= 11 is 2.96. The van der Waals surface area contributed by atoms with Crippen LogP contribution in [0.25, 0.3) is 0 Å². The quantitative estimate of drug-likeness (QED) is 0.0174. The summed E-state index contributed by atoms with van der Waals surface area (Å²) in [5.74, 6) is -12.7. The van der Waals surface area contributed by atoms with E-state index in [1.807, 2.05) is 0 Å². The minimum atomic E-state index is -4.98. The normalized spacial score (nSPS) is 19.8. The first-order valence-corrected chi connectivity index (χ1v) is 29.8. The number of oxime groups is 3. The van der Waals surface area contributed by atoms with Gasteiger partial charge in [-0.2, -0.15) is 25.3 Å². The molecule has 5 atom stereocenters. The van der Waals surface area contributed by atoms with Crippen molar-refractivity contribution in [2.24, 2.45) is 39.0 Å². The molecule has 6 heterocycles. The molecular formula is C40H49N13O26S6. The van der Waals surface area contributed by atoms with E-state index in [1.165, 1.54) is 50.8 Å². The third kappa shape index (κ3) is 17.3. The summed E-state index contributed by atoms with van der Waals surface area (Å²) in [4.78, 5) is 143. The molecule has 39 nitrogen and oxygen atoms in total. The number of anilines is 3. The first-order chi connectivity index (χ1) is 39.0. The SMILES string of the molecule is CC1(C)[C@H](CC(=O)/C(=N\OCC(=O)O)c2csc(N)n2)C(=O)N1S(=O)(=O)O.C[C@H]1[C@H](CC(=O)/C(=N\OC(C)(C)C(=O)O)c2csc(N)n2)C(=O)N1S(=O)(=O)O.NC(=O)OC[C@@H]1[C@H](CC(=O)/C(=N\OCC(=O)O)c2csc(N)n2)C(=O)N1S(=O)(=O)O. The van der Waals surface area contributed by atoms with Crippen molar-refractivity contribution in [3.63, 3.8) is 0 Å². The second-order valence-electron chi connectivity index (χ2n) is 18.3. The summed E-state index contributed by atoms with van der Waals surface area (Å²) in [7, 11) is -14.5. The fourth-order valence-corrected chi connectivity index (χ4v) is 12.1. The summed E-state index contributed by atoms with van der Waals surface area (Å²) in [6.45, 7) is 4.16. The number of rotatable bonds is 26. The molecule has 3 aliphatic rings. The molecule has 0 bridgehead atoms. The van der Waals surface area contributed by atoms with Gasteiger partial charge in [-0.05, 0) is 34.6 Å². The molecule has 45 heteroatoms. The van der Waals surface area contributed by atoms with Gasteiger partial charge in [-0.3, -0.25) is 42.4 Å². The van der Waals surface area contributed by atoms with E-state index in [1.54, 1.807) is 0 Å². The summed E-state index contributed by atoms with van der Waals surface area (Å²) < 4.78 is 100.0. The zero-order valence-electron chi connectivity index (χ0n) is 44.0. The Morgan fingerprint density at radius 2 is 1.02 bits per heavy atom. The molecule has 0 aromatic carbocycles. The number of aromatic nitrogens is 3. The summed E-state index contributed by atoms with van der Waals surface area (Å²) in [5.41, 5.74) is 17.1. The first kappa shape index (κ1) is 69.0. The van der Waals surface area contributed by atoms with Gasteiger partial charge in [0.1, 0.15) is 23.7 Å². The van der Waals surface area contributed by atoms with Gasteiger partial charge in [-0.1, -0.05) is 15.5 Å². The Kier molecular flexibility index (Phi) is 22.0. The van der Waals surface area contributed by atoms with Crippen LogP contribution >= 0.6 is 34.0 Å². The van der Waals surface area contributed by atoms with E-state index in [9.17, 15) is 73.2 Å². The predicted octanol–water partition coefficient (Wildman–Crippen LogP) is -2.34. The Morgan fingerprint density at radius 1 is 0.635 bits per heavy atom. The monoisotopic (exact) mass is 1320 g/mol. The lowest BCUT2D eigenvalue weighted by Gasteiger charge is -2.50. The molecule has 3 aromatic rings. The number of β-lactam (4-membered cyclic amide) rings is 3. The molecule has 0 saturated carbocycles. The van der Waals surface area contributed by atoms with Crippen LogP contribution in [-0.2, 0) is 93.3 Å². The van der Waals surface area contributed by atoms with E-state index < -0.39 is 176 Å². The van der Waals surface area contributed by atoms with E-state index in [2.05, 4.69) is 44.8 Å². The van der Waals surface area contributed by atoms with Gasteiger partial charge in [-0.15, -0.1) is 34.0 Å². The molecule has 0 unspecified atom stereocenters. The van der Waals surface area contributed by atoms with Crippen molar-refractivity contribution in [1.82, 2.24) is 27.9 Å². The smallest absolute Gasteiger partial charge is 0.404 e. The number of carbonyl (C=O) groups excluding carboxylic acids is 7. The number of nitrogens with zero attached hydrogens (tertiary/aromatic N) is 9. The van der Waals surface area contributed by atoms with Crippen LogP contribution in [-0.4, -0.2) is 201 Å². The lowest BCUT2D eigenvalue weighted by Crippen LogP contribution is -2.69. The Morgan fingerprint density at radius 3 is 1.35 bits per heavy atom. The summed E-state index contributed by atoms with van der Waals surface area (Å²) in [5, 5.41) is 41.3. The molecule has 0 radical (unpaired) electrons. The molecule has 14 N–H and O–H groups in total. The van der Waals surface area contributed by atoms with Crippen molar-refractivity contribution >= 4 is 157 Å². The predicted molar refractivity (Wildman–Crippen MR) is 287 cm³/mol. The van der Waals surface area contributed by atoms with Crippen LogP contribution < -0.4 is 22.9 Å². The van der Waals surface area contributed by atoms with E-state index in [4.69, 9.17) is 56.8 Å². The van der Waals surface area contributed by atoms with E-state index in [0.29, 0.717) is 0 Å². The second-order valence-corrected chi connectivity index (χ2v) is 24.8. The maximum Gasteiger partial charge on any atom is 0.404 e. The number of aliphatic carboxylic acids is 3. The van der Waals surface area contributed by atoms with Crippen LogP contribution in [0.1, 0.15) is 71.0 Å². The van der Waals surface area contributed by atoms with Gasteiger partial charge in [0.05, 0.1) is 35.4 Å². The van der Waals surface area contributed by atoms with E-state index in [-0.39, 0.29) is 56.8 Å². The number of hydrogen-bond acceptors (Lipinski definition) is 32. The lowest BCUT2D eigenvalue weighted by atomic mass is 9.75. The van der Waals surface area contributed by atoms with Crippen molar-refractivity contribution in [3.8, 4) is 0 Å².